The second kappa shape index (κ2) is 6.46. The summed E-state index contributed by atoms with van der Waals surface area (Å²) in [7, 11) is 0. The molecule has 2 atom stereocenters. The first-order chi connectivity index (χ1) is 9.49. The Kier molecular flexibility index (Phi) is 4.89. The predicted octanol–water partition coefficient (Wildman–Crippen LogP) is 2.78. The van der Waals surface area contributed by atoms with E-state index in [0.717, 1.165) is 31.5 Å². The van der Waals surface area contributed by atoms with Crippen molar-refractivity contribution in [2.24, 2.45) is 0 Å². The third-order valence-electron chi connectivity index (χ3n) is 3.51. The molecule has 0 saturated carbocycles. The van der Waals surface area contributed by atoms with Gasteiger partial charge in [-0.1, -0.05) is 17.7 Å². The van der Waals surface area contributed by atoms with Crippen molar-refractivity contribution in [3.05, 3.63) is 28.8 Å². The van der Waals surface area contributed by atoms with Crippen molar-refractivity contribution in [3.8, 4) is 5.75 Å². The van der Waals surface area contributed by atoms with E-state index in [1.807, 2.05) is 4.90 Å². The summed E-state index contributed by atoms with van der Waals surface area (Å²) in [5.41, 5.74) is 0.723. The number of hydrogen-bond acceptors (Lipinski definition) is 3. The van der Waals surface area contributed by atoms with Gasteiger partial charge in [0.25, 0.3) is 5.91 Å². The van der Waals surface area contributed by atoms with E-state index in [2.05, 4.69) is 0 Å². The molecule has 1 fully saturated rings. The predicted molar refractivity (Wildman–Crippen MR) is 78.0 cm³/mol. The van der Waals surface area contributed by atoms with Crippen molar-refractivity contribution >= 4 is 17.5 Å². The van der Waals surface area contributed by atoms with Crippen molar-refractivity contribution < 1.29 is 14.6 Å². The zero-order chi connectivity index (χ0) is 14.7. The SMILES string of the molecule is CC(Oc1ccc(C(C)O)cc1Cl)C(=O)N1CCCC1. The highest BCUT2D eigenvalue weighted by molar-refractivity contribution is 6.32. The summed E-state index contributed by atoms with van der Waals surface area (Å²) >= 11 is 6.12. The first kappa shape index (κ1) is 15.1. The van der Waals surface area contributed by atoms with Crippen LogP contribution in [0.25, 0.3) is 0 Å². The van der Waals surface area contributed by atoms with Gasteiger partial charge in [-0.15, -0.1) is 0 Å². The Morgan fingerprint density at radius 1 is 1.35 bits per heavy atom. The molecule has 1 aliphatic heterocycles. The van der Waals surface area contributed by atoms with Crippen LogP contribution in [0.5, 0.6) is 5.75 Å². The number of ether oxygens (including phenoxy) is 1. The fraction of sp³-hybridized carbons (Fsp3) is 0.533. The standard InChI is InChI=1S/C15H20ClNO3/c1-10(18)12-5-6-14(13(16)9-12)20-11(2)15(19)17-7-3-4-8-17/h5-6,9-11,18H,3-4,7-8H2,1-2H3. The number of likely N-dealkylation sites (tertiary alicyclic amines) is 1. The Bertz CT molecular complexity index is 484. The Hall–Kier alpha value is -1.26. The maximum atomic E-state index is 12.2. The molecule has 1 heterocycles. The highest BCUT2D eigenvalue weighted by Crippen LogP contribution is 2.29. The van der Waals surface area contributed by atoms with Crippen LogP contribution in [-0.2, 0) is 4.79 Å². The smallest absolute Gasteiger partial charge is 0.263 e. The van der Waals surface area contributed by atoms with Crippen LogP contribution in [0.15, 0.2) is 18.2 Å². The monoisotopic (exact) mass is 297 g/mol. The van der Waals surface area contributed by atoms with Crippen LogP contribution in [0.3, 0.4) is 0 Å². The van der Waals surface area contributed by atoms with E-state index in [4.69, 9.17) is 16.3 Å². The molecule has 5 heteroatoms. The molecule has 0 radical (unpaired) electrons. The van der Waals surface area contributed by atoms with Gasteiger partial charge in [-0.05, 0) is 44.4 Å². The zero-order valence-electron chi connectivity index (χ0n) is 11.8. The summed E-state index contributed by atoms with van der Waals surface area (Å²) in [5.74, 6) is 0.467. The van der Waals surface area contributed by atoms with Crippen molar-refractivity contribution in [3.63, 3.8) is 0 Å². The number of aliphatic hydroxyl groups excluding tert-OH is 1. The lowest BCUT2D eigenvalue weighted by Crippen LogP contribution is -2.38. The molecule has 2 rings (SSSR count). The first-order valence-electron chi connectivity index (χ1n) is 6.92. The van der Waals surface area contributed by atoms with Gasteiger partial charge in [0.05, 0.1) is 11.1 Å². The number of nitrogens with zero attached hydrogens (tertiary/aromatic N) is 1. The van der Waals surface area contributed by atoms with Gasteiger partial charge in [0, 0.05) is 13.1 Å². The molecule has 0 bridgehead atoms. The van der Waals surface area contributed by atoms with Crippen molar-refractivity contribution in [2.75, 3.05) is 13.1 Å². The molecule has 1 aromatic rings. The number of amides is 1. The van der Waals surface area contributed by atoms with E-state index in [1.165, 1.54) is 0 Å². The number of hydrogen-bond donors (Lipinski definition) is 1. The van der Waals surface area contributed by atoms with Crippen LogP contribution >= 0.6 is 11.6 Å². The minimum atomic E-state index is -0.579. The molecule has 1 aliphatic rings. The maximum absolute atomic E-state index is 12.2. The lowest BCUT2D eigenvalue weighted by molar-refractivity contribution is -0.136. The van der Waals surface area contributed by atoms with Crippen LogP contribution < -0.4 is 4.74 Å². The summed E-state index contributed by atoms with van der Waals surface area (Å²) in [5, 5.41) is 9.90. The van der Waals surface area contributed by atoms with Gasteiger partial charge < -0.3 is 14.7 Å². The summed E-state index contributed by atoms with van der Waals surface area (Å²) in [6.45, 7) is 5.02. The van der Waals surface area contributed by atoms with Crippen LogP contribution in [-0.4, -0.2) is 35.1 Å². The molecule has 1 N–H and O–H groups in total. The van der Waals surface area contributed by atoms with Crippen LogP contribution in [0.4, 0.5) is 0 Å². The van der Waals surface area contributed by atoms with Gasteiger partial charge in [0.15, 0.2) is 6.10 Å². The quantitative estimate of drug-likeness (QED) is 0.930. The molecular weight excluding hydrogens is 278 g/mol. The van der Waals surface area contributed by atoms with E-state index >= 15 is 0 Å². The average Bonchev–Trinajstić information content (AvgIpc) is 2.93. The van der Waals surface area contributed by atoms with Gasteiger partial charge in [-0.25, -0.2) is 0 Å². The number of carbonyl (C=O) groups excluding carboxylic acids is 1. The second-order valence-electron chi connectivity index (χ2n) is 5.16. The summed E-state index contributed by atoms with van der Waals surface area (Å²) in [6, 6.07) is 5.10. The first-order valence-corrected chi connectivity index (χ1v) is 7.30. The number of rotatable bonds is 4. The molecule has 1 aromatic carbocycles. The Labute approximate surface area is 124 Å². The highest BCUT2D eigenvalue weighted by Gasteiger charge is 2.25. The van der Waals surface area contributed by atoms with Crippen molar-refractivity contribution in [1.29, 1.82) is 0 Å². The Balaban J connectivity index is 2.03. The molecule has 4 nitrogen and oxygen atoms in total. The maximum Gasteiger partial charge on any atom is 0.263 e. The van der Waals surface area contributed by atoms with Gasteiger partial charge in [0.1, 0.15) is 5.75 Å². The van der Waals surface area contributed by atoms with E-state index in [-0.39, 0.29) is 5.91 Å². The minimum Gasteiger partial charge on any atom is -0.479 e. The van der Waals surface area contributed by atoms with Crippen molar-refractivity contribution in [1.82, 2.24) is 4.90 Å². The topological polar surface area (TPSA) is 49.8 Å². The fourth-order valence-corrected chi connectivity index (χ4v) is 2.54. The lowest BCUT2D eigenvalue weighted by Gasteiger charge is -2.21. The normalized spacial score (nSPS) is 17.9. The second-order valence-corrected chi connectivity index (χ2v) is 5.57. The Morgan fingerprint density at radius 3 is 2.55 bits per heavy atom. The van der Waals surface area contributed by atoms with E-state index < -0.39 is 12.2 Å². The summed E-state index contributed by atoms with van der Waals surface area (Å²) in [4.78, 5) is 14.0. The van der Waals surface area contributed by atoms with Gasteiger partial charge in [-0.2, -0.15) is 0 Å². The van der Waals surface area contributed by atoms with Gasteiger partial charge in [0.2, 0.25) is 0 Å². The largest absolute Gasteiger partial charge is 0.479 e. The van der Waals surface area contributed by atoms with E-state index in [1.54, 1.807) is 32.0 Å². The molecule has 0 aromatic heterocycles. The lowest BCUT2D eigenvalue weighted by atomic mass is 10.1. The van der Waals surface area contributed by atoms with Gasteiger partial charge >= 0.3 is 0 Å². The number of aliphatic hydroxyl groups is 1. The third-order valence-corrected chi connectivity index (χ3v) is 3.80. The van der Waals surface area contributed by atoms with Crippen LogP contribution in [0.1, 0.15) is 38.4 Å². The Morgan fingerprint density at radius 2 is 2.00 bits per heavy atom. The molecule has 2 unspecified atom stereocenters. The minimum absolute atomic E-state index is 0.00169. The van der Waals surface area contributed by atoms with Crippen molar-refractivity contribution in [2.45, 2.75) is 38.9 Å². The molecule has 0 aliphatic carbocycles. The number of halogens is 1. The van der Waals surface area contributed by atoms with E-state index in [9.17, 15) is 9.90 Å². The fourth-order valence-electron chi connectivity index (χ4n) is 2.31. The van der Waals surface area contributed by atoms with Gasteiger partial charge in [-0.3, -0.25) is 4.79 Å². The molecule has 110 valence electrons. The summed E-state index contributed by atoms with van der Waals surface area (Å²) < 4.78 is 5.65. The molecule has 1 amide bonds. The zero-order valence-corrected chi connectivity index (χ0v) is 12.6. The number of carbonyl (C=O) groups is 1. The summed E-state index contributed by atoms with van der Waals surface area (Å²) in [6.07, 6.45) is 0.984. The molecule has 20 heavy (non-hydrogen) atoms. The number of benzene rings is 1. The highest BCUT2D eigenvalue weighted by atomic mass is 35.5. The van der Waals surface area contributed by atoms with E-state index in [0.29, 0.717) is 10.8 Å². The third kappa shape index (κ3) is 3.44. The molecule has 0 spiro atoms. The average molecular weight is 298 g/mol. The molecular formula is C15H20ClNO3. The molecule has 1 saturated heterocycles. The van der Waals surface area contributed by atoms with Crippen LogP contribution in [0.2, 0.25) is 5.02 Å². The van der Waals surface area contributed by atoms with Crippen LogP contribution in [0, 0.1) is 0 Å².